The van der Waals surface area contributed by atoms with Gasteiger partial charge in [-0.1, -0.05) is 30.3 Å². The molecule has 6 nitrogen and oxygen atoms in total. The zero-order valence-electron chi connectivity index (χ0n) is 16.0. The molecule has 2 N–H and O–H groups in total. The van der Waals surface area contributed by atoms with Crippen molar-refractivity contribution in [3.63, 3.8) is 0 Å². The maximum Gasteiger partial charge on any atom is 0.333 e. The Morgan fingerprint density at radius 2 is 1.69 bits per heavy atom. The lowest BCUT2D eigenvalue weighted by molar-refractivity contribution is 0.102. The largest absolute Gasteiger partial charge is 0.333 e. The summed E-state index contributed by atoms with van der Waals surface area (Å²) in [6, 6.07) is 19.1. The third-order valence-electron chi connectivity index (χ3n) is 5.03. The third kappa shape index (κ3) is 3.36. The minimum atomic E-state index is -0.555. The molecule has 144 valence electrons. The van der Waals surface area contributed by atoms with Crippen LogP contribution in [0.3, 0.4) is 0 Å². The van der Waals surface area contributed by atoms with Gasteiger partial charge in [0, 0.05) is 11.3 Å². The normalized spacial score (nSPS) is 10.8. The van der Waals surface area contributed by atoms with Gasteiger partial charge in [0.15, 0.2) is 0 Å². The number of anilines is 1. The van der Waals surface area contributed by atoms with Crippen LogP contribution in [-0.4, -0.2) is 15.5 Å². The number of hydrogen-bond donors (Lipinski definition) is 2. The monoisotopic (exact) mass is 385 g/mol. The maximum absolute atomic E-state index is 12.8. The molecule has 4 rings (SSSR count). The Kier molecular flexibility index (Phi) is 4.60. The van der Waals surface area contributed by atoms with Gasteiger partial charge in [-0.15, -0.1) is 0 Å². The number of fused-ring (bicyclic) bond motifs is 1. The molecule has 6 heteroatoms. The fourth-order valence-electron chi connectivity index (χ4n) is 3.25. The van der Waals surface area contributed by atoms with E-state index in [2.05, 4.69) is 10.3 Å². The minimum absolute atomic E-state index is 0.311. The Bertz CT molecular complexity index is 1350. The molecule has 0 bridgehead atoms. The van der Waals surface area contributed by atoms with Crippen LogP contribution in [0.1, 0.15) is 21.5 Å². The Balaban J connectivity index is 1.75. The molecule has 0 fully saturated rings. The number of carbonyl (C=O) groups is 1. The first-order valence-corrected chi connectivity index (χ1v) is 9.18. The van der Waals surface area contributed by atoms with Crippen molar-refractivity contribution in [2.24, 2.45) is 0 Å². The van der Waals surface area contributed by atoms with Gasteiger partial charge >= 0.3 is 5.69 Å². The van der Waals surface area contributed by atoms with Gasteiger partial charge in [-0.2, -0.15) is 0 Å². The second kappa shape index (κ2) is 7.24. The number of nitrogens with zero attached hydrogens (tertiary/aromatic N) is 1. The number of aromatic amines is 1. The summed E-state index contributed by atoms with van der Waals surface area (Å²) in [7, 11) is 0. The number of hydrogen-bond acceptors (Lipinski definition) is 3. The van der Waals surface area contributed by atoms with E-state index in [0.29, 0.717) is 22.2 Å². The van der Waals surface area contributed by atoms with E-state index >= 15 is 0 Å². The Morgan fingerprint density at radius 3 is 2.45 bits per heavy atom. The van der Waals surface area contributed by atoms with Crippen LogP contribution >= 0.6 is 0 Å². The molecule has 4 aromatic rings. The molecular formula is C23H19N3O3. The summed E-state index contributed by atoms with van der Waals surface area (Å²) in [5, 5.41) is 3.21. The number of nitrogens with one attached hydrogen (secondary N) is 2. The molecule has 0 saturated carbocycles. The van der Waals surface area contributed by atoms with Gasteiger partial charge in [0.25, 0.3) is 11.5 Å². The Hall–Kier alpha value is -3.93. The van der Waals surface area contributed by atoms with Crippen LogP contribution in [0.25, 0.3) is 16.6 Å². The van der Waals surface area contributed by atoms with Gasteiger partial charge in [-0.3, -0.25) is 9.59 Å². The number of aryl methyl sites for hydroxylation is 1. The van der Waals surface area contributed by atoms with E-state index in [1.165, 1.54) is 6.07 Å². The minimum Gasteiger partial charge on any atom is -0.322 e. The van der Waals surface area contributed by atoms with E-state index in [-0.39, 0.29) is 5.91 Å². The molecule has 0 atom stereocenters. The Labute approximate surface area is 166 Å². The molecule has 0 saturated heterocycles. The predicted octanol–water partition coefficient (Wildman–Crippen LogP) is 3.55. The van der Waals surface area contributed by atoms with Crippen LogP contribution in [0.4, 0.5) is 5.69 Å². The van der Waals surface area contributed by atoms with Crippen LogP contribution in [-0.2, 0) is 0 Å². The topological polar surface area (TPSA) is 84.0 Å². The molecule has 1 amide bonds. The van der Waals surface area contributed by atoms with Crippen LogP contribution in [0.5, 0.6) is 0 Å². The highest BCUT2D eigenvalue weighted by Crippen LogP contribution is 2.19. The molecule has 1 aromatic heterocycles. The van der Waals surface area contributed by atoms with Gasteiger partial charge in [-0.25, -0.2) is 9.36 Å². The first-order chi connectivity index (χ1) is 14.0. The summed E-state index contributed by atoms with van der Waals surface area (Å²) in [5.74, 6) is -0.311. The van der Waals surface area contributed by atoms with Crippen molar-refractivity contribution in [3.05, 3.63) is 104 Å². The molecule has 29 heavy (non-hydrogen) atoms. The van der Waals surface area contributed by atoms with E-state index < -0.39 is 11.2 Å². The number of para-hydroxylation sites is 1. The second-order valence-electron chi connectivity index (χ2n) is 6.87. The number of aromatic nitrogens is 2. The molecule has 0 aliphatic carbocycles. The predicted molar refractivity (Wildman–Crippen MR) is 114 cm³/mol. The van der Waals surface area contributed by atoms with Crippen LogP contribution in [0.15, 0.2) is 76.3 Å². The smallest absolute Gasteiger partial charge is 0.322 e. The van der Waals surface area contributed by atoms with Crippen molar-refractivity contribution in [2.75, 3.05) is 5.32 Å². The van der Waals surface area contributed by atoms with Gasteiger partial charge in [0.2, 0.25) is 0 Å². The zero-order chi connectivity index (χ0) is 20.5. The third-order valence-corrected chi connectivity index (χ3v) is 5.03. The van der Waals surface area contributed by atoms with E-state index in [9.17, 15) is 14.4 Å². The van der Waals surface area contributed by atoms with Crippen molar-refractivity contribution in [3.8, 4) is 5.69 Å². The van der Waals surface area contributed by atoms with E-state index in [1.54, 1.807) is 36.4 Å². The molecule has 3 aromatic carbocycles. The highest BCUT2D eigenvalue weighted by Gasteiger charge is 2.13. The van der Waals surface area contributed by atoms with Crippen molar-refractivity contribution in [1.82, 2.24) is 9.55 Å². The first kappa shape index (κ1) is 18.4. The van der Waals surface area contributed by atoms with Crippen molar-refractivity contribution in [2.45, 2.75) is 13.8 Å². The summed E-state index contributed by atoms with van der Waals surface area (Å²) in [5.41, 5.74) is 2.96. The SMILES string of the molecule is Cc1cccc(NC(=O)c2ccc3c(=O)n(-c4ccccc4)c(=O)[nH]c3c2)c1C. The molecule has 0 unspecified atom stereocenters. The van der Waals surface area contributed by atoms with Gasteiger partial charge in [-0.05, 0) is 61.4 Å². The molecule has 0 radical (unpaired) electrons. The molecule has 1 heterocycles. The standard InChI is InChI=1S/C23H19N3O3/c1-14-7-6-10-19(15(14)2)24-21(27)16-11-12-18-20(13-16)25-23(29)26(22(18)28)17-8-4-3-5-9-17/h3-13H,1-2H3,(H,24,27)(H,25,29). The number of amides is 1. The van der Waals surface area contributed by atoms with Crippen molar-refractivity contribution in [1.29, 1.82) is 0 Å². The average Bonchev–Trinajstić information content (AvgIpc) is 2.72. The first-order valence-electron chi connectivity index (χ1n) is 9.18. The van der Waals surface area contributed by atoms with Crippen LogP contribution < -0.4 is 16.6 Å². The van der Waals surface area contributed by atoms with Crippen molar-refractivity contribution < 1.29 is 4.79 Å². The fourth-order valence-corrected chi connectivity index (χ4v) is 3.25. The van der Waals surface area contributed by atoms with Crippen LogP contribution in [0.2, 0.25) is 0 Å². The lowest BCUT2D eigenvalue weighted by atomic mass is 10.1. The van der Waals surface area contributed by atoms with E-state index in [4.69, 9.17) is 0 Å². The number of rotatable bonds is 3. The summed E-state index contributed by atoms with van der Waals surface area (Å²) < 4.78 is 1.08. The summed E-state index contributed by atoms with van der Waals surface area (Å²) in [4.78, 5) is 40.8. The lowest BCUT2D eigenvalue weighted by Gasteiger charge is -2.11. The van der Waals surface area contributed by atoms with E-state index in [0.717, 1.165) is 21.4 Å². The van der Waals surface area contributed by atoms with Gasteiger partial charge in [0.05, 0.1) is 16.6 Å². The van der Waals surface area contributed by atoms with Crippen LogP contribution in [0, 0.1) is 13.8 Å². The average molecular weight is 385 g/mol. The van der Waals surface area contributed by atoms with Gasteiger partial charge in [0.1, 0.15) is 0 Å². The molecule has 0 aliphatic heterocycles. The molecule has 0 spiro atoms. The quantitative estimate of drug-likeness (QED) is 0.566. The van der Waals surface area contributed by atoms with E-state index in [1.807, 2.05) is 38.1 Å². The lowest BCUT2D eigenvalue weighted by Crippen LogP contribution is -2.33. The number of carbonyl (C=O) groups excluding carboxylic acids is 1. The zero-order valence-corrected chi connectivity index (χ0v) is 16.0. The Morgan fingerprint density at radius 1 is 0.931 bits per heavy atom. The van der Waals surface area contributed by atoms with Gasteiger partial charge < -0.3 is 10.3 Å². The fraction of sp³-hybridized carbons (Fsp3) is 0.0870. The maximum atomic E-state index is 12.8. The highest BCUT2D eigenvalue weighted by molar-refractivity contribution is 6.06. The summed E-state index contributed by atoms with van der Waals surface area (Å²) in [6.45, 7) is 3.92. The molecular weight excluding hydrogens is 366 g/mol. The number of benzene rings is 3. The van der Waals surface area contributed by atoms with Crippen molar-refractivity contribution >= 4 is 22.5 Å². The highest BCUT2D eigenvalue weighted by atomic mass is 16.2. The second-order valence-corrected chi connectivity index (χ2v) is 6.87. The molecule has 0 aliphatic rings. The summed E-state index contributed by atoms with van der Waals surface area (Å²) >= 11 is 0. The number of H-pyrrole nitrogens is 1. The summed E-state index contributed by atoms with van der Waals surface area (Å²) in [6.07, 6.45) is 0.